The molecule has 0 spiro atoms. The average molecular weight is 385 g/mol. The molecule has 28 heavy (non-hydrogen) atoms. The Morgan fingerprint density at radius 2 is 1.71 bits per heavy atom. The van der Waals surface area contributed by atoms with E-state index in [1.165, 1.54) is 0 Å². The highest BCUT2D eigenvalue weighted by atomic mass is 16.5. The summed E-state index contributed by atoms with van der Waals surface area (Å²) in [5.41, 5.74) is 1.80. The topological polar surface area (TPSA) is 63.1 Å². The van der Waals surface area contributed by atoms with Crippen molar-refractivity contribution in [2.24, 2.45) is 0 Å². The summed E-state index contributed by atoms with van der Waals surface area (Å²) in [5.74, 6) is 0.638. The van der Waals surface area contributed by atoms with Crippen LogP contribution in [0.5, 0.6) is 5.75 Å². The van der Waals surface area contributed by atoms with E-state index in [9.17, 15) is 9.59 Å². The molecule has 0 radical (unpaired) electrons. The van der Waals surface area contributed by atoms with E-state index < -0.39 is 0 Å². The van der Waals surface area contributed by atoms with Crippen LogP contribution in [0.4, 0.5) is 5.69 Å². The molecule has 0 saturated heterocycles. The second-order valence-electron chi connectivity index (χ2n) is 6.83. The van der Waals surface area contributed by atoms with Crippen LogP contribution in [0.2, 0.25) is 0 Å². The van der Waals surface area contributed by atoms with Gasteiger partial charge >= 0.3 is 0 Å². The van der Waals surface area contributed by atoms with Crippen molar-refractivity contribution >= 4 is 17.5 Å². The van der Waals surface area contributed by atoms with E-state index in [1.54, 1.807) is 36.3 Å². The van der Waals surface area contributed by atoms with Crippen LogP contribution in [0.1, 0.15) is 25.5 Å². The maximum absolute atomic E-state index is 12.7. The van der Waals surface area contributed by atoms with Crippen molar-refractivity contribution in [3.8, 4) is 5.75 Å². The predicted molar refractivity (Wildman–Crippen MR) is 110 cm³/mol. The summed E-state index contributed by atoms with van der Waals surface area (Å²) in [6.07, 6.45) is 0. The highest BCUT2D eigenvalue weighted by Gasteiger charge is 2.23. The molecule has 0 aliphatic carbocycles. The predicted octanol–water partition coefficient (Wildman–Crippen LogP) is 1.76. The van der Waals surface area contributed by atoms with Crippen molar-refractivity contribution < 1.29 is 19.2 Å². The number of nitrogens with zero attached hydrogens (tertiary/aromatic N) is 1. The summed E-state index contributed by atoms with van der Waals surface area (Å²) >= 11 is 0. The molecule has 2 aromatic carbocycles. The molecule has 0 saturated carbocycles. The van der Waals surface area contributed by atoms with Gasteiger partial charge in [-0.3, -0.25) is 9.59 Å². The maximum Gasteiger partial charge on any atom is 0.279 e. The third kappa shape index (κ3) is 6.09. The number of hydrogen-bond acceptors (Lipinski definition) is 3. The van der Waals surface area contributed by atoms with Crippen LogP contribution in [-0.4, -0.2) is 50.5 Å². The van der Waals surface area contributed by atoms with Crippen molar-refractivity contribution in [1.82, 2.24) is 4.90 Å². The minimum Gasteiger partial charge on any atom is -0.497 e. The summed E-state index contributed by atoms with van der Waals surface area (Å²) in [4.78, 5) is 27.7. The first kappa shape index (κ1) is 21.4. The van der Waals surface area contributed by atoms with Crippen LogP contribution in [0, 0.1) is 0 Å². The number of likely N-dealkylation sites (N-methyl/N-ethyl adjacent to an activating group) is 2. The van der Waals surface area contributed by atoms with Gasteiger partial charge in [0, 0.05) is 12.7 Å². The first-order valence-electron chi connectivity index (χ1n) is 9.52. The lowest BCUT2D eigenvalue weighted by Gasteiger charge is -2.27. The van der Waals surface area contributed by atoms with Gasteiger partial charge in [-0.1, -0.05) is 30.3 Å². The first-order chi connectivity index (χ1) is 13.4. The lowest BCUT2D eigenvalue weighted by atomic mass is 10.1. The first-order valence-corrected chi connectivity index (χ1v) is 9.52. The van der Waals surface area contributed by atoms with Crippen LogP contribution in [0.15, 0.2) is 54.6 Å². The van der Waals surface area contributed by atoms with Crippen molar-refractivity contribution in [2.75, 3.05) is 39.1 Å². The van der Waals surface area contributed by atoms with E-state index in [0.29, 0.717) is 12.2 Å². The molecular weight excluding hydrogens is 354 g/mol. The summed E-state index contributed by atoms with van der Waals surface area (Å²) in [5, 5.41) is 2.87. The third-order valence-corrected chi connectivity index (χ3v) is 4.94. The Labute approximate surface area is 167 Å². The summed E-state index contributed by atoms with van der Waals surface area (Å²) < 4.78 is 5.11. The number of benzene rings is 2. The van der Waals surface area contributed by atoms with E-state index in [2.05, 4.69) is 5.32 Å². The zero-order valence-corrected chi connectivity index (χ0v) is 17.1. The fourth-order valence-electron chi connectivity index (χ4n) is 2.93. The van der Waals surface area contributed by atoms with Crippen LogP contribution in [0.25, 0.3) is 0 Å². The van der Waals surface area contributed by atoms with Gasteiger partial charge < -0.3 is 19.9 Å². The Kier molecular flexibility index (Phi) is 8.02. The van der Waals surface area contributed by atoms with E-state index >= 15 is 0 Å². The largest absolute Gasteiger partial charge is 0.497 e. The molecule has 0 aliphatic heterocycles. The lowest BCUT2D eigenvalue weighted by Crippen LogP contribution is -3.13. The quantitative estimate of drug-likeness (QED) is 0.693. The highest BCUT2D eigenvalue weighted by Crippen LogP contribution is 2.17. The Morgan fingerprint density at radius 1 is 1.07 bits per heavy atom. The molecule has 6 heteroatoms. The summed E-state index contributed by atoms with van der Waals surface area (Å²) in [7, 11) is 3.41. The molecular formula is C22H30N3O3+. The van der Waals surface area contributed by atoms with Crippen LogP contribution >= 0.6 is 0 Å². The van der Waals surface area contributed by atoms with Crippen LogP contribution < -0.4 is 15.0 Å². The number of nitrogens with one attached hydrogen (secondary N) is 2. The molecule has 2 rings (SSSR count). The second-order valence-corrected chi connectivity index (χ2v) is 6.83. The molecule has 6 nitrogen and oxygen atoms in total. The summed E-state index contributed by atoms with van der Waals surface area (Å²) in [6.45, 7) is 5.19. The second kappa shape index (κ2) is 10.5. The fourth-order valence-corrected chi connectivity index (χ4v) is 2.93. The lowest BCUT2D eigenvalue weighted by molar-refractivity contribution is -0.882. The highest BCUT2D eigenvalue weighted by molar-refractivity contribution is 5.91. The van der Waals surface area contributed by atoms with Gasteiger partial charge in [0.25, 0.3) is 11.8 Å². The smallest absolute Gasteiger partial charge is 0.279 e. The number of ether oxygens (including phenoxy) is 1. The van der Waals surface area contributed by atoms with Gasteiger partial charge in [-0.15, -0.1) is 0 Å². The SMILES string of the molecule is CC[NH+](CC(=O)Nc1ccc(OC)cc1)CC(=O)N(C)[C@@H](C)c1ccccc1. The minimum atomic E-state index is -0.117. The number of hydrogen-bond donors (Lipinski definition) is 2. The average Bonchev–Trinajstić information content (AvgIpc) is 2.73. The van der Waals surface area contributed by atoms with Crippen LogP contribution in [-0.2, 0) is 9.59 Å². The van der Waals surface area contributed by atoms with E-state index in [-0.39, 0.29) is 30.9 Å². The van der Waals surface area contributed by atoms with Crippen molar-refractivity contribution in [1.29, 1.82) is 0 Å². The van der Waals surface area contributed by atoms with E-state index in [4.69, 9.17) is 4.74 Å². The molecule has 0 bridgehead atoms. The van der Waals surface area contributed by atoms with Gasteiger partial charge in [0.05, 0.1) is 19.7 Å². The van der Waals surface area contributed by atoms with E-state index in [1.807, 2.05) is 51.2 Å². The minimum absolute atomic E-state index is 0.0140. The van der Waals surface area contributed by atoms with Crippen molar-refractivity contribution in [3.63, 3.8) is 0 Å². The number of amides is 2. The molecule has 2 aromatic rings. The molecule has 0 fully saturated rings. The van der Waals surface area contributed by atoms with E-state index in [0.717, 1.165) is 16.2 Å². The number of anilines is 1. The van der Waals surface area contributed by atoms with Gasteiger partial charge in [-0.25, -0.2) is 0 Å². The Balaban J connectivity index is 1.89. The number of methoxy groups -OCH3 is 1. The molecule has 1 unspecified atom stereocenters. The summed E-state index contributed by atoms with van der Waals surface area (Å²) in [6, 6.07) is 17.1. The van der Waals surface area contributed by atoms with Gasteiger partial charge in [0.15, 0.2) is 13.1 Å². The Hall–Kier alpha value is -2.86. The normalized spacial score (nSPS) is 12.7. The zero-order valence-electron chi connectivity index (χ0n) is 17.1. The van der Waals surface area contributed by atoms with Gasteiger partial charge in [-0.2, -0.15) is 0 Å². The third-order valence-electron chi connectivity index (χ3n) is 4.94. The Morgan fingerprint density at radius 3 is 2.29 bits per heavy atom. The van der Waals surface area contributed by atoms with Crippen LogP contribution in [0.3, 0.4) is 0 Å². The number of rotatable bonds is 9. The van der Waals surface area contributed by atoms with Gasteiger partial charge in [0.2, 0.25) is 0 Å². The molecule has 2 N–H and O–H groups in total. The zero-order chi connectivity index (χ0) is 20.5. The monoisotopic (exact) mass is 384 g/mol. The standard InChI is InChI=1S/C22H29N3O3/c1-5-25(15-21(26)23-19-11-13-20(28-4)14-12-19)16-22(27)24(3)17(2)18-9-7-6-8-10-18/h6-14,17H,5,15-16H2,1-4H3,(H,23,26)/p+1/t17-/m0/s1. The number of quaternary nitrogens is 1. The molecule has 2 atom stereocenters. The number of carbonyl (C=O) groups is 2. The number of carbonyl (C=O) groups excluding carboxylic acids is 2. The van der Waals surface area contributed by atoms with Crippen molar-refractivity contribution in [3.05, 3.63) is 60.2 Å². The molecule has 2 amide bonds. The molecule has 150 valence electrons. The molecule has 0 heterocycles. The molecule has 0 aromatic heterocycles. The van der Waals surface area contributed by atoms with Gasteiger partial charge in [0.1, 0.15) is 5.75 Å². The van der Waals surface area contributed by atoms with Gasteiger partial charge in [-0.05, 0) is 43.7 Å². The maximum atomic E-state index is 12.7. The fraction of sp³-hybridized carbons (Fsp3) is 0.364. The van der Waals surface area contributed by atoms with Crippen molar-refractivity contribution in [2.45, 2.75) is 19.9 Å². The Bertz CT molecular complexity index is 762. The molecule has 0 aliphatic rings.